The van der Waals surface area contributed by atoms with Gasteiger partial charge in [0.1, 0.15) is 0 Å². The summed E-state index contributed by atoms with van der Waals surface area (Å²) in [4.78, 5) is 0. The lowest BCUT2D eigenvalue weighted by atomic mass is 10.8. The van der Waals surface area contributed by atoms with Crippen molar-refractivity contribution in [2.24, 2.45) is 0 Å². The number of methoxy groups -OCH3 is 1. The van der Waals surface area contributed by atoms with E-state index in [2.05, 4.69) is 12.3 Å². The molecule has 9 heavy (non-hydrogen) atoms. The van der Waals surface area contributed by atoms with Gasteiger partial charge in [-0.1, -0.05) is 17.8 Å². The molecule has 54 valence electrons. The summed E-state index contributed by atoms with van der Waals surface area (Å²) in [6.07, 6.45) is 4.16. The summed E-state index contributed by atoms with van der Waals surface area (Å²) in [7, 11) is 1.71. The molecule has 0 aliphatic rings. The fraction of sp³-hybridized carbons (Fsp3) is 0.667. The van der Waals surface area contributed by atoms with Gasteiger partial charge in [0, 0.05) is 11.3 Å². The molecule has 0 aromatic rings. The molecule has 0 saturated heterocycles. The highest BCUT2D eigenvalue weighted by atomic mass is 32.2. The zero-order valence-electron chi connectivity index (χ0n) is 6.01. The Morgan fingerprint density at radius 1 is 1.67 bits per heavy atom. The summed E-state index contributed by atoms with van der Waals surface area (Å²) in [6, 6.07) is 0. The monoisotopic (exact) mass is 164 g/mol. The summed E-state index contributed by atoms with van der Waals surface area (Å²) in [5.41, 5.74) is 0. The predicted octanol–water partition coefficient (Wildman–Crippen LogP) is 2.55. The van der Waals surface area contributed by atoms with Gasteiger partial charge in [0.05, 0.1) is 5.94 Å². The summed E-state index contributed by atoms with van der Waals surface area (Å²) in [6.45, 7) is 2.04. The Kier molecular flexibility index (Phi) is 6.81. The second-order valence-corrected chi connectivity index (χ2v) is 3.43. The Bertz CT molecular complexity index is 91.1. The highest BCUT2D eigenvalue weighted by molar-refractivity contribution is 8.21. The molecular formula is C6H12OS2. The van der Waals surface area contributed by atoms with Crippen LogP contribution in [0.5, 0.6) is 0 Å². The van der Waals surface area contributed by atoms with Crippen molar-refractivity contribution < 1.29 is 4.74 Å². The van der Waals surface area contributed by atoms with E-state index in [1.54, 1.807) is 30.6 Å². The van der Waals surface area contributed by atoms with Crippen molar-refractivity contribution in [3.8, 4) is 0 Å². The number of ether oxygens (including phenoxy) is 1. The lowest BCUT2D eigenvalue weighted by Gasteiger charge is -1.99. The molecule has 0 rings (SSSR count). The fourth-order valence-electron chi connectivity index (χ4n) is 0.377. The van der Waals surface area contributed by atoms with E-state index in [0.717, 1.165) is 5.94 Å². The Hall–Kier alpha value is 0.400. The number of hydrogen-bond donors (Lipinski definition) is 0. The lowest BCUT2D eigenvalue weighted by Crippen LogP contribution is -1.79. The predicted molar refractivity (Wildman–Crippen MR) is 46.7 cm³/mol. The lowest BCUT2D eigenvalue weighted by molar-refractivity contribution is 0.259. The van der Waals surface area contributed by atoms with Crippen molar-refractivity contribution in [3.05, 3.63) is 10.3 Å². The largest absolute Gasteiger partial charge is 0.374 e. The molecule has 0 unspecified atom stereocenters. The SMILES string of the molecule is C/C=C(/SC)SCOC. The molecule has 0 heterocycles. The van der Waals surface area contributed by atoms with Crippen molar-refractivity contribution >= 4 is 23.5 Å². The van der Waals surface area contributed by atoms with Crippen LogP contribution in [0.25, 0.3) is 0 Å². The normalized spacial score (nSPS) is 12.1. The molecule has 0 bridgehead atoms. The summed E-state index contributed by atoms with van der Waals surface area (Å²) in [5.74, 6) is 0.751. The molecule has 0 N–H and O–H groups in total. The van der Waals surface area contributed by atoms with E-state index in [1.807, 2.05) is 6.92 Å². The first-order valence-electron chi connectivity index (χ1n) is 2.67. The van der Waals surface area contributed by atoms with Gasteiger partial charge in [-0.25, -0.2) is 0 Å². The van der Waals surface area contributed by atoms with Gasteiger partial charge in [-0.15, -0.1) is 11.8 Å². The third-order valence-electron chi connectivity index (χ3n) is 0.756. The number of thioether (sulfide) groups is 2. The molecule has 0 atom stereocenters. The summed E-state index contributed by atoms with van der Waals surface area (Å²) < 4.78 is 6.20. The maximum Gasteiger partial charge on any atom is 0.0968 e. The van der Waals surface area contributed by atoms with Crippen LogP contribution in [0, 0.1) is 0 Å². The zero-order chi connectivity index (χ0) is 7.11. The highest BCUT2D eigenvalue weighted by Crippen LogP contribution is 2.25. The number of allylic oxidation sites excluding steroid dienone is 1. The standard InChI is InChI=1S/C6H12OS2/c1-4-6(8-3)9-5-7-2/h4H,5H2,1-3H3/b6-4-. The molecule has 0 fully saturated rings. The second kappa shape index (κ2) is 6.52. The van der Waals surface area contributed by atoms with Gasteiger partial charge in [0.15, 0.2) is 0 Å². The van der Waals surface area contributed by atoms with Crippen LogP contribution in [0.2, 0.25) is 0 Å². The topological polar surface area (TPSA) is 9.23 Å². The molecule has 0 saturated carbocycles. The van der Waals surface area contributed by atoms with Crippen LogP contribution in [0.3, 0.4) is 0 Å². The third kappa shape index (κ3) is 4.88. The number of rotatable bonds is 4. The summed E-state index contributed by atoms with van der Waals surface area (Å²) in [5, 5.41) is 0. The first-order chi connectivity index (χ1) is 4.35. The van der Waals surface area contributed by atoms with E-state index < -0.39 is 0 Å². The van der Waals surface area contributed by atoms with Gasteiger partial charge in [0.25, 0.3) is 0 Å². The Morgan fingerprint density at radius 3 is 2.67 bits per heavy atom. The van der Waals surface area contributed by atoms with E-state index in [4.69, 9.17) is 4.74 Å². The van der Waals surface area contributed by atoms with Gasteiger partial charge in [0.2, 0.25) is 0 Å². The molecule has 1 nitrogen and oxygen atoms in total. The summed E-state index contributed by atoms with van der Waals surface area (Å²) >= 11 is 3.48. The molecule has 0 amide bonds. The molecule has 0 aromatic carbocycles. The van der Waals surface area contributed by atoms with E-state index in [0.29, 0.717) is 0 Å². The maximum atomic E-state index is 4.88. The second-order valence-electron chi connectivity index (χ2n) is 1.36. The zero-order valence-corrected chi connectivity index (χ0v) is 7.64. The first kappa shape index (κ1) is 9.40. The number of hydrogen-bond acceptors (Lipinski definition) is 3. The average Bonchev–Trinajstić information content (AvgIpc) is 1.91. The Balaban J connectivity index is 3.33. The van der Waals surface area contributed by atoms with Crippen LogP contribution >= 0.6 is 23.5 Å². The van der Waals surface area contributed by atoms with Gasteiger partial charge >= 0.3 is 0 Å². The molecule has 3 heteroatoms. The van der Waals surface area contributed by atoms with Crippen LogP contribution in [-0.2, 0) is 4.74 Å². The first-order valence-corrected chi connectivity index (χ1v) is 4.88. The van der Waals surface area contributed by atoms with Crippen molar-refractivity contribution in [2.45, 2.75) is 6.92 Å². The molecule has 0 aliphatic carbocycles. The fourth-order valence-corrected chi connectivity index (χ4v) is 1.63. The van der Waals surface area contributed by atoms with Crippen molar-refractivity contribution in [1.29, 1.82) is 0 Å². The minimum atomic E-state index is 0.751. The molecule has 0 radical (unpaired) electrons. The third-order valence-corrected chi connectivity index (χ3v) is 3.12. The van der Waals surface area contributed by atoms with Crippen LogP contribution < -0.4 is 0 Å². The minimum Gasteiger partial charge on any atom is -0.374 e. The van der Waals surface area contributed by atoms with Gasteiger partial charge < -0.3 is 4.74 Å². The van der Waals surface area contributed by atoms with Gasteiger partial charge in [-0.2, -0.15) is 0 Å². The van der Waals surface area contributed by atoms with Crippen LogP contribution in [-0.4, -0.2) is 19.3 Å². The van der Waals surface area contributed by atoms with E-state index in [9.17, 15) is 0 Å². The smallest absolute Gasteiger partial charge is 0.0968 e. The Morgan fingerprint density at radius 2 is 2.33 bits per heavy atom. The van der Waals surface area contributed by atoms with E-state index in [-0.39, 0.29) is 0 Å². The molecular weight excluding hydrogens is 152 g/mol. The maximum absolute atomic E-state index is 4.88. The van der Waals surface area contributed by atoms with E-state index >= 15 is 0 Å². The van der Waals surface area contributed by atoms with Gasteiger partial charge in [-0.3, -0.25) is 0 Å². The average molecular weight is 164 g/mol. The van der Waals surface area contributed by atoms with Crippen molar-refractivity contribution in [2.75, 3.05) is 19.3 Å². The van der Waals surface area contributed by atoms with Gasteiger partial charge in [-0.05, 0) is 13.2 Å². The minimum absolute atomic E-state index is 0.751. The molecule has 0 aliphatic heterocycles. The highest BCUT2D eigenvalue weighted by Gasteiger charge is 1.90. The van der Waals surface area contributed by atoms with Crippen molar-refractivity contribution in [1.82, 2.24) is 0 Å². The molecule has 0 spiro atoms. The van der Waals surface area contributed by atoms with Crippen molar-refractivity contribution in [3.63, 3.8) is 0 Å². The van der Waals surface area contributed by atoms with E-state index in [1.165, 1.54) is 4.24 Å². The quantitative estimate of drug-likeness (QED) is 0.591. The van der Waals surface area contributed by atoms with Crippen LogP contribution in [0.4, 0.5) is 0 Å². The molecule has 0 aromatic heterocycles. The van der Waals surface area contributed by atoms with Crippen LogP contribution in [0.1, 0.15) is 6.92 Å². The Labute approximate surface area is 65.2 Å². The van der Waals surface area contributed by atoms with Crippen LogP contribution in [0.15, 0.2) is 10.3 Å².